The lowest BCUT2D eigenvalue weighted by Crippen LogP contribution is -2.36. The number of aromatic nitrogens is 1. The Balaban J connectivity index is 1.97. The molecule has 0 spiro atoms. The van der Waals surface area contributed by atoms with E-state index in [0.29, 0.717) is 23.7 Å². The van der Waals surface area contributed by atoms with Crippen LogP contribution < -0.4 is 10.6 Å². The Morgan fingerprint density at radius 2 is 1.95 bits per heavy atom. The summed E-state index contributed by atoms with van der Waals surface area (Å²) in [5.41, 5.74) is 0.784. The van der Waals surface area contributed by atoms with Crippen molar-refractivity contribution in [3.63, 3.8) is 0 Å². The van der Waals surface area contributed by atoms with Crippen LogP contribution in [0.2, 0.25) is 0 Å². The number of rotatable bonds is 5. The molecule has 0 atom stereocenters. The van der Waals surface area contributed by atoms with Crippen LogP contribution in [-0.2, 0) is 0 Å². The molecule has 1 aliphatic carbocycles. The van der Waals surface area contributed by atoms with E-state index in [4.69, 9.17) is 0 Å². The lowest BCUT2D eigenvalue weighted by atomic mass is 9.95. The van der Waals surface area contributed by atoms with Gasteiger partial charge in [0.25, 0.3) is 11.8 Å². The number of pyridine rings is 1. The number of carbonyl (C=O) groups excluding carboxylic acids is 2. The zero-order valence-electron chi connectivity index (χ0n) is 13.4. The molecule has 1 aromatic heterocycles. The molecule has 2 amide bonds. The van der Waals surface area contributed by atoms with Gasteiger partial charge in [-0.15, -0.1) is 0 Å². The Hall–Kier alpha value is -1.91. The molecule has 5 nitrogen and oxygen atoms in total. The number of nitrogens with zero attached hydrogens (tertiary/aromatic N) is 1. The highest BCUT2D eigenvalue weighted by Crippen LogP contribution is 2.17. The lowest BCUT2D eigenvalue weighted by Gasteiger charge is -2.22. The molecule has 0 aromatic carbocycles. The maximum absolute atomic E-state index is 12.2. The average molecular weight is 303 g/mol. The normalized spacial score (nSPS) is 15.6. The van der Waals surface area contributed by atoms with Crippen LogP contribution in [0.15, 0.2) is 18.3 Å². The molecular weight excluding hydrogens is 278 g/mol. The van der Waals surface area contributed by atoms with E-state index in [-0.39, 0.29) is 17.9 Å². The van der Waals surface area contributed by atoms with Crippen molar-refractivity contribution in [1.29, 1.82) is 0 Å². The average Bonchev–Trinajstić information content (AvgIpc) is 2.53. The quantitative estimate of drug-likeness (QED) is 0.878. The van der Waals surface area contributed by atoms with Gasteiger partial charge in [0.05, 0.1) is 0 Å². The predicted molar refractivity (Wildman–Crippen MR) is 85.7 cm³/mol. The SMILES string of the molecule is CC(C)CNC(=O)c1ccnc(C(=O)NC2CCCCC2)c1. The first kappa shape index (κ1) is 16.5. The van der Waals surface area contributed by atoms with Gasteiger partial charge in [-0.25, -0.2) is 0 Å². The van der Waals surface area contributed by atoms with E-state index in [2.05, 4.69) is 15.6 Å². The molecule has 1 heterocycles. The molecule has 0 aliphatic heterocycles. The van der Waals surface area contributed by atoms with Crippen molar-refractivity contribution in [2.75, 3.05) is 6.54 Å². The summed E-state index contributed by atoms with van der Waals surface area (Å²) in [6.07, 6.45) is 7.14. The highest BCUT2D eigenvalue weighted by atomic mass is 16.2. The Morgan fingerprint density at radius 3 is 2.64 bits per heavy atom. The van der Waals surface area contributed by atoms with Gasteiger partial charge in [-0.1, -0.05) is 33.1 Å². The number of carbonyl (C=O) groups is 2. The van der Waals surface area contributed by atoms with Crippen LogP contribution in [0.5, 0.6) is 0 Å². The van der Waals surface area contributed by atoms with Crippen LogP contribution in [0, 0.1) is 5.92 Å². The topological polar surface area (TPSA) is 71.1 Å². The summed E-state index contributed by atoms with van der Waals surface area (Å²) >= 11 is 0. The minimum atomic E-state index is -0.189. The highest BCUT2D eigenvalue weighted by molar-refractivity contribution is 5.98. The van der Waals surface area contributed by atoms with Crippen LogP contribution in [0.1, 0.15) is 66.8 Å². The minimum absolute atomic E-state index is 0.164. The van der Waals surface area contributed by atoms with Crippen molar-refractivity contribution >= 4 is 11.8 Å². The number of hydrogen-bond donors (Lipinski definition) is 2. The fourth-order valence-electron chi connectivity index (χ4n) is 2.60. The Bertz CT molecular complexity index is 522. The number of amides is 2. The van der Waals surface area contributed by atoms with E-state index in [0.717, 1.165) is 25.7 Å². The van der Waals surface area contributed by atoms with Crippen LogP contribution in [0.25, 0.3) is 0 Å². The van der Waals surface area contributed by atoms with E-state index >= 15 is 0 Å². The summed E-state index contributed by atoms with van der Waals surface area (Å²) in [7, 11) is 0. The van der Waals surface area contributed by atoms with Crippen molar-refractivity contribution in [2.24, 2.45) is 5.92 Å². The summed E-state index contributed by atoms with van der Waals surface area (Å²) in [5.74, 6) is 0.0353. The van der Waals surface area contributed by atoms with Crippen molar-refractivity contribution in [2.45, 2.75) is 52.0 Å². The summed E-state index contributed by atoms with van der Waals surface area (Å²) in [6, 6.07) is 3.43. The van der Waals surface area contributed by atoms with Crippen molar-refractivity contribution in [3.05, 3.63) is 29.6 Å². The van der Waals surface area contributed by atoms with Gasteiger partial charge >= 0.3 is 0 Å². The molecule has 1 fully saturated rings. The summed E-state index contributed by atoms with van der Waals surface area (Å²) < 4.78 is 0. The van der Waals surface area contributed by atoms with E-state index in [9.17, 15) is 9.59 Å². The van der Waals surface area contributed by atoms with Crippen LogP contribution >= 0.6 is 0 Å². The van der Waals surface area contributed by atoms with Gasteiger partial charge in [0.15, 0.2) is 0 Å². The molecule has 1 saturated carbocycles. The zero-order chi connectivity index (χ0) is 15.9. The molecule has 2 N–H and O–H groups in total. The summed E-state index contributed by atoms with van der Waals surface area (Å²) in [5, 5.41) is 5.87. The van der Waals surface area contributed by atoms with Crippen LogP contribution in [-0.4, -0.2) is 29.4 Å². The van der Waals surface area contributed by atoms with Gasteiger partial charge in [-0.3, -0.25) is 14.6 Å². The standard InChI is InChI=1S/C17H25N3O2/c1-12(2)11-19-16(21)13-8-9-18-15(10-13)17(22)20-14-6-4-3-5-7-14/h8-10,12,14H,3-7,11H2,1-2H3,(H,19,21)(H,20,22). The molecule has 5 heteroatoms. The Morgan fingerprint density at radius 1 is 1.23 bits per heavy atom. The molecule has 22 heavy (non-hydrogen) atoms. The molecule has 1 aromatic rings. The van der Waals surface area contributed by atoms with Gasteiger partial charge in [-0.2, -0.15) is 0 Å². The molecule has 0 saturated heterocycles. The molecule has 0 bridgehead atoms. The summed E-state index contributed by atoms with van der Waals surface area (Å²) in [6.45, 7) is 4.69. The lowest BCUT2D eigenvalue weighted by molar-refractivity contribution is 0.0922. The van der Waals surface area contributed by atoms with E-state index in [1.807, 2.05) is 13.8 Å². The first-order valence-corrected chi connectivity index (χ1v) is 8.11. The van der Waals surface area contributed by atoms with Gasteiger partial charge in [0.2, 0.25) is 0 Å². The Labute approximate surface area is 131 Å². The fourth-order valence-corrected chi connectivity index (χ4v) is 2.60. The van der Waals surface area contributed by atoms with Gasteiger partial charge in [-0.05, 0) is 30.9 Å². The minimum Gasteiger partial charge on any atom is -0.352 e. The number of nitrogens with one attached hydrogen (secondary N) is 2. The molecular formula is C17H25N3O2. The third kappa shape index (κ3) is 4.83. The second-order valence-corrected chi connectivity index (χ2v) is 6.34. The first-order valence-electron chi connectivity index (χ1n) is 8.11. The Kier molecular flexibility index (Phi) is 5.92. The van der Waals surface area contributed by atoms with Gasteiger partial charge in [0, 0.05) is 24.3 Å². The van der Waals surface area contributed by atoms with E-state index in [1.54, 1.807) is 12.1 Å². The third-order valence-electron chi connectivity index (χ3n) is 3.87. The maximum Gasteiger partial charge on any atom is 0.270 e. The largest absolute Gasteiger partial charge is 0.352 e. The van der Waals surface area contributed by atoms with Gasteiger partial charge < -0.3 is 10.6 Å². The van der Waals surface area contributed by atoms with Crippen molar-refractivity contribution in [3.8, 4) is 0 Å². The van der Waals surface area contributed by atoms with Crippen LogP contribution in [0.4, 0.5) is 0 Å². The molecule has 1 aliphatic rings. The summed E-state index contributed by atoms with van der Waals surface area (Å²) in [4.78, 5) is 28.4. The van der Waals surface area contributed by atoms with Crippen molar-refractivity contribution < 1.29 is 9.59 Å². The predicted octanol–water partition coefficient (Wildman–Crippen LogP) is 2.53. The fraction of sp³-hybridized carbons (Fsp3) is 0.588. The maximum atomic E-state index is 12.2. The third-order valence-corrected chi connectivity index (χ3v) is 3.87. The molecule has 120 valence electrons. The molecule has 2 rings (SSSR count). The van der Waals surface area contributed by atoms with Crippen LogP contribution in [0.3, 0.4) is 0 Å². The van der Waals surface area contributed by atoms with Gasteiger partial charge in [0.1, 0.15) is 5.69 Å². The molecule has 0 unspecified atom stereocenters. The number of hydrogen-bond acceptors (Lipinski definition) is 3. The smallest absolute Gasteiger partial charge is 0.270 e. The second kappa shape index (κ2) is 7.92. The second-order valence-electron chi connectivity index (χ2n) is 6.34. The highest BCUT2D eigenvalue weighted by Gasteiger charge is 2.18. The van der Waals surface area contributed by atoms with E-state index < -0.39 is 0 Å². The monoisotopic (exact) mass is 303 g/mol. The van der Waals surface area contributed by atoms with E-state index in [1.165, 1.54) is 12.6 Å². The zero-order valence-corrected chi connectivity index (χ0v) is 13.4. The first-order chi connectivity index (χ1) is 10.6. The van der Waals surface area contributed by atoms with Crippen molar-refractivity contribution in [1.82, 2.24) is 15.6 Å². The molecule has 0 radical (unpaired) electrons.